The Morgan fingerprint density at radius 2 is 2.12 bits per heavy atom. The summed E-state index contributed by atoms with van der Waals surface area (Å²) in [5.74, 6) is 0.487. The molecule has 0 bridgehead atoms. The smallest absolute Gasteiger partial charge is 0.422 e. The molecule has 1 heterocycles. The van der Waals surface area contributed by atoms with Crippen molar-refractivity contribution in [2.45, 2.75) is 25.7 Å². The molecule has 1 aromatic rings. The Hall–Kier alpha value is -1.30. The van der Waals surface area contributed by atoms with Gasteiger partial charge < -0.3 is 20.1 Å². The van der Waals surface area contributed by atoms with E-state index in [0.29, 0.717) is 19.1 Å². The van der Waals surface area contributed by atoms with Crippen LogP contribution in [0.15, 0.2) is 23.3 Å². The number of nitrogens with one attached hydrogen (secondary N) is 2. The number of aromatic nitrogens is 1. The van der Waals surface area contributed by atoms with Crippen LogP contribution in [0.1, 0.15) is 12.5 Å². The van der Waals surface area contributed by atoms with Crippen molar-refractivity contribution in [1.29, 1.82) is 0 Å². The number of methoxy groups -OCH3 is 1. The van der Waals surface area contributed by atoms with Gasteiger partial charge in [0.05, 0.1) is 6.61 Å². The Bertz CT molecular complexity index is 515. The van der Waals surface area contributed by atoms with Crippen molar-refractivity contribution in [3.8, 4) is 5.88 Å². The number of hydrogen-bond donors (Lipinski definition) is 2. The molecule has 0 aliphatic heterocycles. The number of halogens is 4. The maximum Gasteiger partial charge on any atom is 0.422 e. The number of rotatable bonds is 7. The molecule has 0 saturated carbocycles. The standard InChI is InChI=1S/C14H21F3N4O2.HI/c1-10(8-22-3)21-13(18-2)20-7-11-4-5-19-12(6-11)23-9-14(15,16)17;/h4-6,10H,7-9H2,1-3H3,(H2,18,20,21);1H. The third-order valence-electron chi connectivity index (χ3n) is 2.67. The second-order valence-corrected chi connectivity index (χ2v) is 4.83. The van der Waals surface area contributed by atoms with Gasteiger partial charge in [-0.25, -0.2) is 4.98 Å². The van der Waals surface area contributed by atoms with E-state index in [4.69, 9.17) is 4.74 Å². The average Bonchev–Trinajstić information content (AvgIpc) is 2.49. The Morgan fingerprint density at radius 3 is 2.71 bits per heavy atom. The minimum atomic E-state index is -4.39. The highest BCUT2D eigenvalue weighted by atomic mass is 127. The molecule has 0 amide bonds. The molecule has 6 nitrogen and oxygen atoms in total. The van der Waals surface area contributed by atoms with E-state index in [0.717, 1.165) is 5.56 Å². The second kappa shape index (κ2) is 11.3. The molecule has 1 aromatic heterocycles. The monoisotopic (exact) mass is 462 g/mol. The summed E-state index contributed by atoms with van der Waals surface area (Å²) in [5.41, 5.74) is 0.722. The van der Waals surface area contributed by atoms with Crippen LogP contribution in [0.3, 0.4) is 0 Å². The lowest BCUT2D eigenvalue weighted by atomic mass is 10.2. The number of alkyl halides is 3. The van der Waals surface area contributed by atoms with Crippen molar-refractivity contribution in [3.63, 3.8) is 0 Å². The summed E-state index contributed by atoms with van der Waals surface area (Å²) in [6, 6.07) is 3.19. The summed E-state index contributed by atoms with van der Waals surface area (Å²) < 4.78 is 46.0. The van der Waals surface area contributed by atoms with Crippen LogP contribution in [-0.2, 0) is 11.3 Å². The van der Waals surface area contributed by atoms with Gasteiger partial charge in [0.1, 0.15) is 0 Å². The van der Waals surface area contributed by atoms with Gasteiger partial charge in [-0.05, 0) is 18.6 Å². The van der Waals surface area contributed by atoms with E-state index in [1.54, 1.807) is 20.2 Å². The van der Waals surface area contributed by atoms with Crippen LogP contribution in [0.25, 0.3) is 0 Å². The lowest BCUT2D eigenvalue weighted by molar-refractivity contribution is -0.154. The zero-order valence-corrected chi connectivity index (χ0v) is 16.0. The summed E-state index contributed by atoms with van der Waals surface area (Å²) >= 11 is 0. The quantitative estimate of drug-likeness (QED) is 0.370. The number of hydrogen-bond acceptors (Lipinski definition) is 4. The summed E-state index contributed by atoms with van der Waals surface area (Å²) in [6.07, 6.45) is -2.99. The molecule has 1 unspecified atom stereocenters. The third kappa shape index (κ3) is 9.75. The van der Waals surface area contributed by atoms with Crippen molar-refractivity contribution in [3.05, 3.63) is 23.9 Å². The maximum absolute atomic E-state index is 12.1. The fourth-order valence-electron chi connectivity index (χ4n) is 1.70. The number of pyridine rings is 1. The molecule has 138 valence electrons. The fraction of sp³-hybridized carbons (Fsp3) is 0.571. The maximum atomic E-state index is 12.1. The Balaban J connectivity index is 0.00000529. The van der Waals surface area contributed by atoms with Gasteiger partial charge in [-0.2, -0.15) is 13.2 Å². The van der Waals surface area contributed by atoms with E-state index in [-0.39, 0.29) is 35.9 Å². The normalized spacial score (nSPS) is 13.0. The highest BCUT2D eigenvalue weighted by molar-refractivity contribution is 14.0. The fourth-order valence-corrected chi connectivity index (χ4v) is 1.70. The minimum Gasteiger partial charge on any atom is -0.468 e. The van der Waals surface area contributed by atoms with Crippen LogP contribution < -0.4 is 15.4 Å². The van der Waals surface area contributed by atoms with Crippen LogP contribution in [-0.4, -0.2) is 50.5 Å². The number of nitrogens with zero attached hydrogens (tertiary/aromatic N) is 2. The molecule has 0 aromatic carbocycles. The predicted molar refractivity (Wildman–Crippen MR) is 95.9 cm³/mol. The van der Waals surface area contributed by atoms with E-state index < -0.39 is 12.8 Å². The molecule has 24 heavy (non-hydrogen) atoms. The van der Waals surface area contributed by atoms with Gasteiger partial charge in [0.25, 0.3) is 0 Å². The van der Waals surface area contributed by atoms with E-state index in [1.807, 2.05) is 6.92 Å². The van der Waals surface area contributed by atoms with Crippen LogP contribution in [0.4, 0.5) is 13.2 Å². The minimum absolute atomic E-state index is 0. The van der Waals surface area contributed by atoms with E-state index >= 15 is 0 Å². The van der Waals surface area contributed by atoms with Crippen LogP contribution >= 0.6 is 24.0 Å². The average molecular weight is 462 g/mol. The first kappa shape index (κ1) is 22.7. The summed E-state index contributed by atoms with van der Waals surface area (Å²) in [7, 11) is 3.23. The Kier molecular flexibility index (Phi) is 10.7. The highest BCUT2D eigenvalue weighted by Gasteiger charge is 2.28. The van der Waals surface area contributed by atoms with E-state index in [9.17, 15) is 13.2 Å². The number of aliphatic imine (C=N–C) groups is 1. The van der Waals surface area contributed by atoms with Crippen molar-refractivity contribution in [2.75, 3.05) is 27.4 Å². The SMILES string of the molecule is CN=C(NCc1ccnc(OCC(F)(F)F)c1)NC(C)COC.I. The van der Waals surface area contributed by atoms with E-state index in [1.165, 1.54) is 12.3 Å². The van der Waals surface area contributed by atoms with Gasteiger partial charge >= 0.3 is 6.18 Å². The van der Waals surface area contributed by atoms with Crippen LogP contribution in [0.5, 0.6) is 5.88 Å². The zero-order valence-electron chi connectivity index (χ0n) is 13.7. The topological polar surface area (TPSA) is 67.8 Å². The summed E-state index contributed by atoms with van der Waals surface area (Å²) in [5, 5.41) is 6.17. The molecule has 1 rings (SSSR count). The summed E-state index contributed by atoms with van der Waals surface area (Å²) in [4.78, 5) is 7.81. The van der Waals surface area contributed by atoms with Gasteiger partial charge in [0.15, 0.2) is 12.6 Å². The first-order chi connectivity index (χ1) is 10.8. The Morgan fingerprint density at radius 1 is 1.42 bits per heavy atom. The molecule has 1 atom stereocenters. The predicted octanol–water partition coefficient (Wildman–Crippen LogP) is 2.34. The van der Waals surface area contributed by atoms with Crippen molar-refractivity contribution in [1.82, 2.24) is 15.6 Å². The zero-order chi connectivity index (χ0) is 17.3. The van der Waals surface area contributed by atoms with Gasteiger partial charge in [-0.3, -0.25) is 4.99 Å². The van der Waals surface area contributed by atoms with Crippen molar-refractivity contribution >= 4 is 29.9 Å². The molecule has 0 radical (unpaired) electrons. The lowest BCUT2D eigenvalue weighted by Gasteiger charge is -2.17. The van der Waals surface area contributed by atoms with Gasteiger partial charge in [0.2, 0.25) is 5.88 Å². The van der Waals surface area contributed by atoms with Gasteiger partial charge in [-0.1, -0.05) is 0 Å². The largest absolute Gasteiger partial charge is 0.468 e. The van der Waals surface area contributed by atoms with Crippen LogP contribution in [0, 0.1) is 0 Å². The third-order valence-corrected chi connectivity index (χ3v) is 2.67. The first-order valence-electron chi connectivity index (χ1n) is 6.94. The van der Waals surface area contributed by atoms with Crippen molar-refractivity contribution < 1.29 is 22.6 Å². The number of ether oxygens (including phenoxy) is 2. The lowest BCUT2D eigenvalue weighted by Crippen LogP contribution is -2.43. The molecule has 10 heteroatoms. The molecule has 0 saturated heterocycles. The second-order valence-electron chi connectivity index (χ2n) is 4.83. The van der Waals surface area contributed by atoms with Crippen LogP contribution in [0.2, 0.25) is 0 Å². The molecule has 0 fully saturated rings. The molecule has 0 aliphatic carbocycles. The Labute approximate surface area is 156 Å². The molecular formula is C14H22F3IN4O2. The van der Waals surface area contributed by atoms with Crippen molar-refractivity contribution in [2.24, 2.45) is 4.99 Å². The number of guanidine groups is 1. The molecule has 2 N–H and O–H groups in total. The van der Waals surface area contributed by atoms with Gasteiger partial charge in [0, 0.05) is 39.0 Å². The summed E-state index contributed by atoms with van der Waals surface area (Å²) in [6.45, 7) is 1.45. The molecular weight excluding hydrogens is 440 g/mol. The van der Waals surface area contributed by atoms with Gasteiger partial charge in [-0.15, -0.1) is 24.0 Å². The first-order valence-corrected chi connectivity index (χ1v) is 6.94. The highest BCUT2D eigenvalue weighted by Crippen LogP contribution is 2.17. The molecule has 0 aliphatic rings. The molecule has 0 spiro atoms. The van der Waals surface area contributed by atoms with E-state index in [2.05, 4.69) is 25.3 Å².